The van der Waals surface area contributed by atoms with Crippen molar-refractivity contribution in [2.75, 3.05) is 0 Å². The van der Waals surface area contributed by atoms with E-state index in [2.05, 4.69) is 29.8 Å². The molecule has 0 aliphatic heterocycles. The predicted molar refractivity (Wildman–Crippen MR) is 53.6 cm³/mol. The lowest BCUT2D eigenvalue weighted by atomic mass is 10.0. The molecule has 0 bridgehead atoms. The fourth-order valence-corrected chi connectivity index (χ4v) is 1.57. The molecule has 0 aromatic heterocycles. The number of hydrogen-bond acceptors (Lipinski definition) is 1. The van der Waals surface area contributed by atoms with Crippen LogP contribution in [0.25, 0.3) is 0 Å². The van der Waals surface area contributed by atoms with Crippen LogP contribution in [0.1, 0.15) is 35.7 Å². The third-order valence-corrected chi connectivity index (χ3v) is 2.20. The maximum Gasteiger partial charge on any atom is 0.150 e. The number of hydrogen-bond donors (Lipinski definition) is 0. The number of rotatable bonds is 2. The summed E-state index contributed by atoms with van der Waals surface area (Å²) in [5.74, 6) is 0.459. The van der Waals surface area contributed by atoms with E-state index in [4.69, 9.17) is 0 Å². The Bertz CT molecular complexity index is 292. The molecule has 0 saturated heterocycles. The van der Waals surface area contributed by atoms with Crippen molar-refractivity contribution in [3.63, 3.8) is 0 Å². The highest BCUT2D eigenvalue weighted by Crippen LogP contribution is 2.20. The Morgan fingerprint density at radius 3 is 2.50 bits per heavy atom. The van der Waals surface area contributed by atoms with E-state index in [-0.39, 0.29) is 0 Å². The summed E-state index contributed by atoms with van der Waals surface area (Å²) in [5.41, 5.74) is 1.92. The fourth-order valence-electron chi connectivity index (χ4n) is 1.04. The molecule has 0 spiro atoms. The number of carbonyl (C=O) groups excluding carboxylic acids is 1. The van der Waals surface area contributed by atoms with Gasteiger partial charge in [-0.15, -0.1) is 0 Å². The Morgan fingerprint density at radius 2 is 2.00 bits per heavy atom. The molecule has 0 unspecified atom stereocenters. The van der Waals surface area contributed by atoms with Crippen molar-refractivity contribution >= 4 is 22.2 Å². The molecule has 0 radical (unpaired) electrons. The van der Waals surface area contributed by atoms with Crippen LogP contribution in [-0.4, -0.2) is 6.29 Å². The molecule has 1 aromatic rings. The quantitative estimate of drug-likeness (QED) is 0.707. The number of benzene rings is 1. The average Bonchev–Trinajstić information content (AvgIpc) is 2.03. The van der Waals surface area contributed by atoms with Gasteiger partial charge >= 0.3 is 0 Å². The van der Waals surface area contributed by atoms with Crippen molar-refractivity contribution in [1.29, 1.82) is 0 Å². The summed E-state index contributed by atoms with van der Waals surface area (Å²) in [5, 5.41) is 0. The average molecular weight is 227 g/mol. The molecule has 0 saturated carbocycles. The van der Waals surface area contributed by atoms with Gasteiger partial charge in [0.25, 0.3) is 0 Å². The van der Waals surface area contributed by atoms with Crippen molar-refractivity contribution in [3.05, 3.63) is 33.8 Å². The lowest BCUT2D eigenvalue weighted by Gasteiger charge is -2.06. The lowest BCUT2D eigenvalue weighted by Crippen LogP contribution is -1.90. The van der Waals surface area contributed by atoms with Gasteiger partial charge in [-0.05, 0) is 29.7 Å². The summed E-state index contributed by atoms with van der Waals surface area (Å²) in [6.07, 6.45) is 0.872. The zero-order valence-electron chi connectivity index (χ0n) is 7.17. The van der Waals surface area contributed by atoms with Gasteiger partial charge in [-0.2, -0.15) is 0 Å². The Kier molecular flexibility index (Phi) is 3.04. The number of halogens is 1. The van der Waals surface area contributed by atoms with Crippen LogP contribution in [0.15, 0.2) is 22.7 Å². The van der Waals surface area contributed by atoms with Gasteiger partial charge in [0.15, 0.2) is 0 Å². The molecule has 0 fully saturated rings. The first kappa shape index (κ1) is 9.46. The fraction of sp³-hybridized carbons (Fsp3) is 0.300. The number of aldehydes is 1. The highest BCUT2D eigenvalue weighted by atomic mass is 79.9. The second-order valence-electron chi connectivity index (χ2n) is 3.09. The van der Waals surface area contributed by atoms with Crippen molar-refractivity contribution in [1.82, 2.24) is 0 Å². The maximum atomic E-state index is 10.5. The Balaban J connectivity index is 3.14. The summed E-state index contributed by atoms with van der Waals surface area (Å²) in [4.78, 5) is 10.5. The molecule has 1 rings (SSSR count). The van der Waals surface area contributed by atoms with E-state index in [1.165, 1.54) is 5.56 Å². The molecule has 2 heteroatoms. The molecule has 0 aliphatic rings. The molecule has 0 amide bonds. The topological polar surface area (TPSA) is 17.1 Å². The van der Waals surface area contributed by atoms with Gasteiger partial charge in [-0.25, -0.2) is 0 Å². The summed E-state index contributed by atoms with van der Waals surface area (Å²) < 4.78 is 0.968. The Labute approximate surface area is 80.9 Å². The summed E-state index contributed by atoms with van der Waals surface area (Å²) in [7, 11) is 0. The molecule has 0 atom stereocenters. The van der Waals surface area contributed by atoms with Gasteiger partial charge in [0, 0.05) is 10.0 Å². The molecular weight excluding hydrogens is 216 g/mol. The SMILES string of the molecule is CC(C)c1cc(Br)cc(C=O)c1. The zero-order valence-corrected chi connectivity index (χ0v) is 8.76. The van der Waals surface area contributed by atoms with Gasteiger partial charge < -0.3 is 0 Å². The highest BCUT2D eigenvalue weighted by molar-refractivity contribution is 9.10. The summed E-state index contributed by atoms with van der Waals surface area (Å²) in [6.45, 7) is 4.21. The first-order valence-electron chi connectivity index (χ1n) is 3.89. The van der Waals surface area contributed by atoms with Crippen LogP contribution in [0.2, 0.25) is 0 Å². The standard InChI is InChI=1S/C10H11BrO/c1-7(2)9-3-8(6-12)4-10(11)5-9/h3-7H,1-2H3. The minimum Gasteiger partial charge on any atom is -0.298 e. The van der Waals surface area contributed by atoms with E-state index >= 15 is 0 Å². The summed E-state index contributed by atoms with van der Waals surface area (Å²) >= 11 is 3.36. The minimum absolute atomic E-state index is 0.459. The smallest absolute Gasteiger partial charge is 0.150 e. The van der Waals surface area contributed by atoms with Gasteiger partial charge in [0.1, 0.15) is 6.29 Å². The molecule has 12 heavy (non-hydrogen) atoms. The normalized spacial score (nSPS) is 10.3. The van der Waals surface area contributed by atoms with E-state index in [1.807, 2.05) is 18.2 Å². The van der Waals surface area contributed by atoms with Gasteiger partial charge in [0.05, 0.1) is 0 Å². The highest BCUT2D eigenvalue weighted by Gasteiger charge is 2.01. The monoisotopic (exact) mass is 226 g/mol. The number of carbonyl (C=O) groups is 1. The van der Waals surface area contributed by atoms with Crippen LogP contribution in [0, 0.1) is 0 Å². The van der Waals surface area contributed by atoms with Gasteiger partial charge in [0.2, 0.25) is 0 Å². The Morgan fingerprint density at radius 1 is 1.33 bits per heavy atom. The lowest BCUT2D eigenvalue weighted by molar-refractivity contribution is 0.112. The predicted octanol–water partition coefficient (Wildman–Crippen LogP) is 3.39. The first-order chi connectivity index (χ1) is 5.63. The Hall–Kier alpha value is -0.630. The van der Waals surface area contributed by atoms with E-state index in [0.717, 1.165) is 16.3 Å². The van der Waals surface area contributed by atoms with Gasteiger partial charge in [-0.1, -0.05) is 29.8 Å². The van der Waals surface area contributed by atoms with Crippen LogP contribution in [-0.2, 0) is 0 Å². The summed E-state index contributed by atoms with van der Waals surface area (Å²) in [6, 6.07) is 5.78. The van der Waals surface area contributed by atoms with Crippen molar-refractivity contribution in [2.45, 2.75) is 19.8 Å². The minimum atomic E-state index is 0.459. The van der Waals surface area contributed by atoms with Gasteiger partial charge in [-0.3, -0.25) is 4.79 Å². The second kappa shape index (κ2) is 3.85. The third kappa shape index (κ3) is 2.18. The maximum absolute atomic E-state index is 10.5. The molecular formula is C10H11BrO. The largest absolute Gasteiger partial charge is 0.298 e. The van der Waals surface area contributed by atoms with Crippen molar-refractivity contribution in [3.8, 4) is 0 Å². The third-order valence-electron chi connectivity index (χ3n) is 1.75. The van der Waals surface area contributed by atoms with E-state index in [9.17, 15) is 4.79 Å². The second-order valence-corrected chi connectivity index (χ2v) is 4.01. The molecule has 64 valence electrons. The van der Waals surface area contributed by atoms with Crippen LogP contribution in [0.4, 0.5) is 0 Å². The molecule has 1 nitrogen and oxygen atoms in total. The van der Waals surface area contributed by atoms with Crippen LogP contribution in [0.5, 0.6) is 0 Å². The van der Waals surface area contributed by atoms with Crippen LogP contribution < -0.4 is 0 Å². The van der Waals surface area contributed by atoms with Crippen molar-refractivity contribution < 1.29 is 4.79 Å². The molecule has 0 heterocycles. The molecule has 1 aromatic carbocycles. The van der Waals surface area contributed by atoms with Crippen LogP contribution in [0.3, 0.4) is 0 Å². The molecule has 0 N–H and O–H groups in total. The molecule has 0 aliphatic carbocycles. The van der Waals surface area contributed by atoms with E-state index in [0.29, 0.717) is 5.92 Å². The zero-order chi connectivity index (χ0) is 9.14. The first-order valence-corrected chi connectivity index (χ1v) is 4.68. The van der Waals surface area contributed by atoms with E-state index in [1.54, 1.807) is 0 Å². The van der Waals surface area contributed by atoms with Crippen molar-refractivity contribution in [2.24, 2.45) is 0 Å². The van der Waals surface area contributed by atoms with Crippen LogP contribution >= 0.6 is 15.9 Å². The van der Waals surface area contributed by atoms with E-state index < -0.39 is 0 Å².